The van der Waals surface area contributed by atoms with Crippen LogP contribution in [0.25, 0.3) is 0 Å². The van der Waals surface area contributed by atoms with Gasteiger partial charge >= 0.3 is 5.97 Å². The monoisotopic (exact) mass is 142 g/mol. The molecule has 0 saturated heterocycles. The molecule has 0 aromatic heterocycles. The summed E-state index contributed by atoms with van der Waals surface area (Å²) >= 11 is 4.48. The maximum absolute atomic E-state index is 11.0. The van der Waals surface area contributed by atoms with Gasteiger partial charge in [-0.25, -0.2) is 4.79 Å². The fourth-order valence-electron chi connectivity index (χ4n) is 0.0808. The summed E-state index contributed by atoms with van der Waals surface area (Å²) in [6.07, 6.45) is -2.38. The van der Waals surface area contributed by atoms with E-state index in [1.54, 1.807) is 0 Å². The topological polar surface area (TPSA) is 37.3 Å². The number of carboxylic acid groups (broad SMARTS) is 1. The molecule has 0 aromatic carbocycles. The van der Waals surface area contributed by atoms with Crippen LogP contribution in [0.4, 0.5) is 8.78 Å². The minimum absolute atomic E-state index is 1.43. The molecule has 0 aliphatic heterocycles. The molecule has 2 nitrogen and oxygen atoms in total. The zero-order valence-electron chi connectivity index (χ0n) is 3.49. The zero-order valence-corrected chi connectivity index (χ0v) is 4.25. The summed E-state index contributed by atoms with van der Waals surface area (Å²) < 4.78 is 22.1. The lowest BCUT2D eigenvalue weighted by Gasteiger charge is -1.82. The highest BCUT2D eigenvalue weighted by Gasteiger charge is 2.09. The quantitative estimate of drug-likeness (QED) is 0.562. The minimum atomic E-state index is -2.38. The van der Waals surface area contributed by atoms with Crippen LogP contribution in [0, 0.1) is 0 Å². The third-order valence-corrected chi connectivity index (χ3v) is 0.658. The summed E-state index contributed by atoms with van der Waals surface area (Å²) in [6.45, 7) is 0. The molecule has 5 heteroatoms. The number of hydrogen-bond acceptors (Lipinski definition) is 1. The Balaban J connectivity index is 4.23. The van der Waals surface area contributed by atoms with Gasteiger partial charge < -0.3 is 5.11 Å². The van der Waals surface area contributed by atoms with Gasteiger partial charge in [-0.15, -0.1) is 0 Å². The molecule has 0 aliphatic carbocycles. The van der Waals surface area contributed by atoms with Crippen LogP contribution >= 0.6 is 11.6 Å². The van der Waals surface area contributed by atoms with Crippen molar-refractivity contribution in [1.29, 1.82) is 0 Å². The second-order valence-corrected chi connectivity index (χ2v) is 1.26. The maximum atomic E-state index is 11.0. The highest BCUT2D eigenvalue weighted by Crippen LogP contribution is 2.10. The minimum Gasteiger partial charge on any atom is -0.477 e. The fraction of sp³-hybridized carbons (Fsp3) is 0. The van der Waals surface area contributed by atoms with Gasteiger partial charge in [-0.1, -0.05) is 11.6 Å². The molecule has 0 aliphatic rings. The van der Waals surface area contributed by atoms with E-state index in [0.29, 0.717) is 0 Å². The molecule has 0 rings (SSSR count). The second-order valence-electron chi connectivity index (χ2n) is 0.880. The molecule has 0 amide bonds. The van der Waals surface area contributed by atoms with Crippen LogP contribution in [0.15, 0.2) is 11.1 Å². The molecule has 0 aromatic rings. The molecule has 0 atom stereocenters. The smallest absolute Gasteiger partial charge is 0.352 e. The predicted octanol–water partition coefficient (Wildman–Crippen LogP) is 1.42. The van der Waals surface area contributed by atoms with Crippen LogP contribution in [0.5, 0.6) is 0 Å². The summed E-state index contributed by atoms with van der Waals surface area (Å²) in [5, 5.41) is 6.26. The van der Waals surface area contributed by atoms with Crippen LogP contribution in [0.3, 0.4) is 0 Å². The van der Waals surface area contributed by atoms with Gasteiger partial charge in [-0.3, -0.25) is 0 Å². The first-order valence-corrected chi connectivity index (χ1v) is 1.87. The summed E-state index contributed by atoms with van der Waals surface area (Å²) in [5.74, 6) is -1.81. The van der Waals surface area contributed by atoms with Crippen molar-refractivity contribution in [2.24, 2.45) is 0 Å². The molecule has 1 N–H and O–H groups in total. The fourth-order valence-corrected chi connectivity index (χ4v) is 0.0808. The number of hydrogen-bond donors (Lipinski definition) is 1. The highest BCUT2D eigenvalue weighted by molar-refractivity contribution is 6.41. The Hall–Kier alpha value is -0.640. The maximum Gasteiger partial charge on any atom is 0.352 e. The Morgan fingerprint density at radius 2 is 1.88 bits per heavy atom. The summed E-state index contributed by atoms with van der Waals surface area (Å²) in [5.41, 5.74) is 0. The van der Waals surface area contributed by atoms with E-state index in [9.17, 15) is 13.6 Å². The highest BCUT2D eigenvalue weighted by atomic mass is 35.5. The molecule has 0 spiro atoms. The van der Waals surface area contributed by atoms with Gasteiger partial charge in [-0.05, 0) is 0 Å². The molecule has 0 fully saturated rings. The largest absolute Gasteiger partial charge is 0.477 e. The van der Waals surface area contributed by atoms with Crippen molar-refractivity contribution in [3.05, 3.63) is 11.1 Å². The van der Waals surface area contributed by atoms with Gasteiger partial charge in [0, 0.05) is 0 Å². The number of halogens is 3. The average molecular weight is 142 g/mol. The van der Waals surface area contributed by atoms with E-state index in [1.165, 1.54) is 0 Å². The molecular weight excluding hydrogens is 141 g/mol. The van der Waals surface area contributed by atoms with Crippen LogP contribution in [-0.4, -0.2) is 11.1 Å². The van der Waals surface area contributed by atoms with Crippen molar-refractivity contribution < 1.29 is 18.7 Å². The van der Waals surface area contributed by atoms with Crippen molar-refractivity contribution in [1.82, 2.24) is 0 Å². The van der Waals surface area contributed by atoms with Crippen molar-refractivity contribution in [3.63, 3.8) is 0 Å². The lowest BCUT2D eigenvalue weighted by atomic mass is 10.6. The van der Waals surface area contributed by atoms with Crippen molar-refractivity contribution in [2.75, 3.05) is 0 Å². The van der Waals surface area contributed by atoms with E-state index in [-0.39, 0.29) is 0 Å². The lowest BCUT2D eigenvalue weighted by molar-refractivity contribution is -0.132. The second kappa shape index (κ2) is 2.61. The SMILES string of the molecule is O=C(O)C(Cl)=C(F)F. The summed E-state index contributed by atoms with van der Waals surface area (Å²) in [4.78, 5) is 9.47. The Morgan fingerprint density at radius 1 is 1.50 bits per heavy atom. The van der Waals surface area contributed by atoms with Gasteiger partial charge in [-0.2, -0.15) is 8.78 Å². The van der Waals surface area contributed by atoms with E-state index in [2.05, 4.69) is 11.6 Å². The lowest BCUT2D eigenvalue weighted by Crippen LogP contribution is -1.93. The molecule has 0 saturated carbocycles. The molecule has 46 valence electrons. The molecule has 0 bridgehead atoms. The van der Waals surface area contributed by atoms with E-state index < -0.39 is 17.1 Å². The molecule has 8 heavy (non-hydrogen) atoms. The van der Waals surface area contributed by atoms with Gasteiger partial charge in [0.25, 0.3) is 6.08 Å². The Kier molecular flexibility index (Phi) is 2.41. The first kappa shape index (κ1) is 7.36. The van der Waals surface area contributed by atoms with Gasteiger partial charge in [0.05, 0.1) is 0 Å². The number of rotatable bonds is 1. The third kappa shape index (κ3) is 1.88. The van der Waals surface area contributed by atoms with E-state index in [1.807, 2.05) is 0 Å². The number of carboxylic acids is 1. The zero-order chi connectivity index (χ0) is 6.73. The van der Waals surface area contributed by atoms with Gasteiger partial charge in [0.1, 0.15) is 0 Å². The van der Waals surface area contributed by atoms with Crippen molar-refractivity contribution >= 4 is 17.6 Å². The first-order valence-electron chi connectivity index (χ1n) is 1.49. The normalized spacial score (nSPS) is 8.38. The first-order chi connectivity index (χ1) is 3.55. The van der Waals surface area contributed by atoms with Crippen molar-refractivity contribution in [2.45, 2.75) is 0 Å². The van der Waals surface area contributed by atoms with Crippen molar-refractivity contribution in [3.8, 4) is 0 Å². The number of carbonyl (C=O) groups is 1. The van der Waals surface area contributed by atoms with Crippen LogP contribution in [0.1, 0.15) is 0 Å². The molecule has 0 unspecified atom stereocenters. The van der Waals surface area contributed by atoms with Gasteiger partial charge in [0.15, 0.2) is 5.03 Å². The van der Waals surface area contributed by atoms with Crippen LogP contribution in [-0.2, 0) is 4.79 Å². The number of aliphatic carboxylic acids is 1. The Morgan fingerprint density at radius 3 is 1.88 bits per heavy atom. The predicted molar refractivity (Wildman–Crippen MR) is 22.7 cm³/mol. The summed E-state index contributed by atoms with van der Waals surface area (Å²) in [7, 11) is 0. The third-order valence-electron chi connectivity index (χ3n) is 0.354. The molecule has 0 radical (unpaired) electrons. The average Bonchev–Trinajstić information content (AvgIpc) is 1.64. The van der Waals surface area contributed by atoms with Crippen LogP contribution < -0.4 is 0 Å². The Labute approximate surface area is 48.4 Å². The summed E-state index contributed by atoms with van der Waals surface area (Å²) in [6, 6.07) is 0. The van der Waals surface area contributed by atoms with Gasteiger partial charge in [0.2, 0.25) is 0 Å². The van der Waals surface area contributed by atoms with E-state index in [4.69, 9.17) is 5.11 Å². The standard InChI is InChI=1S/C3HClF2O2/c4-1(2(5)6)3(7)8/h(H,7,8). The van der Waals surface area contributed by atoms with Crippen LogP contribution in [0.2, 0.25) is 0 Å². The van der Waals surface area contributed by atoms with E-state index in [0.717, 1.165) is 0 Å². The molecular formula is C3HClF2O2. The van der Waals surface area contributed by atoms with E-state index >= 15 is 0 Å². The Bertz CT molecular complexity index is 138. The molecule has 0 heterocycles.